The standard InChI is InChI=1S/C16H18ClN3O3/c17-13-5-3-11(4-6-13)15-18-14(23-19-15)7-9-20-8-1-2-12(10-20)16(21)22/h3-6,12H,1-2,7-10H2,(H,21,22). The number of likely N-dealkylation sites (tertiary alicyclic amines) is 1. The van der Waals surface area contributed by atoms with Gasteiger partial charge in [0.05, 0.1) is 5.92 Å². The van der Waals surface area contributed by atoms with Gasteiger partial charge in [0.2, 0.25) is 11.7 Å². The minimum atomic E-state index is -0.711. The van der Waals surface area contributed by atoms with E-state index < -0.39 is 5.97 Å². The van der Waals surface area contributed by atoms with Gasteiger partial charge in [-0.15, -0.1) is 0 Å². The number of carboxylic acid groups (broad SMARTS) is 1. The van der Waals surface area contributed by atoms with E-state index in [1.807, 2.05) is 12.1 Å². The highest BCUT2D eigenvalue weighted by Gasteiger charge is 2.25. The van der Waals surface area contributed by atoms with E-state index in [1.54, 1.807) is 12.1 Å². The van der Waals surface area contributed by atoms with Crippen LogP contribution in [0.1, 0.15) is 18.7 Å². The number of hydrogen-bond donors (Lipinski definition) is 1. The Morgan fingerprint density at radius 3 is 2.91 bits per heavy atom. The first-order valence-corrected chi connectivity index (χ1v) is 8.03. The number of halogens is 1. The largest absolute Gasteiger partial charge is 0.481 e. The fourth-order valence-corrected chi connectivity index (χ4v) is 2.91. The summed E-state index contributed by atoms with van der Waals surface area (Å²) in [5, 5.41) is 13.8. The van der Waals surface area contributed by atoms with Gasteiger partial charge in [0.25, 0.3) is 0 Å². The Hall–Kier alpha value is -1.92. The molecule has 0 aliphatic carbocycles. The molecule has 1 aromatic heterocycles. The van der Waals surface area contributed by atoms with E-state index in [9.17, 15) is 4.79 Å². The van der Waals surface area contributed by atoms with Crippen LogP contribution in [-0.2, 0) is 11.2 Å². The first-order valence-electron chi connectivity index (χ1n) is 7.65. The van der Waals surface area contributed by atoms with E-state index >= 15 is 0 Å². The van der Waals surface area contributed by atoms with Crippen molar-refractivity contribution in [3.05, 3.63) is 35.2 Å². The third-order valence-corrected chi connectivity index (χ3v) is 4.32. The zero-order valence-electron chi connectivity index (χ0n) is 12.6. The Bertz CT molecular complexity index is 671. The molecule has 2 aromatic rings. The average molecular weight is 336 g/mol. The molecule has 0 spiro atoms. The van der Waals surface area contributed by atoms with Gasteiger partial charge in [0.15, 0.2) is 0 Å². The predicted octanol–water partition coefficient (Wildman–Crippen LogP) is 2.73. The third kappa shape index (κ3) is 4.09. The lowest BCUT2D eigenvalue weighted by atomic mass is 9.98. The van der Waals surface area contributed by atoms with E-state index in [1.165, 1.54) is 0 Å². The average Bonchev–Trinajstić information content (AvgIpc) is 3.03. The highest BCUT2D eigenvalue weighted by molar-refractivity contribution is 6.30. The third-order valence-electron chi connectivity index (χ3n) is 4.07. The lowest BCUT2D eigenvalue weighted by Gasteiger charge is -2.30. The van der Waals surface area contributed by atoms with E-state index in [-0.39, 0.29) is 5.92 Å². The molecule has 3 rings (SSSR count). The van der Waals surface area contributed by atoms with Crippen LogP contribution in [0, 0.1) is 5.92 Å². The number of carbonyl (C=O) groups is 1. The molecule has 23 heavy (non-hydrogen) atoms. The van der Waals surface area contributed by atoms with Crippen molar-refractivity contribution in [2.45, 2.75) is 19.3 Å². The zero-order valence-corrected chi connectivity index (χ0v) is 13.4. The van der Waals surface area contributed by atoms with Gasteiger partial charge in [-0.2, -0.15) is 4.98 Å². The number of nitrogens with zero attached hydrogens (tertiary/aromatic N) is 3. The van der Waals surface area contributed by atoms with Crippen LogP contribution in [0.25, 0.3) is 11.4 Å². The molecule has 122 valence electrons. The smallest absolute Gasteiger partial charge is 0.307 e. The molecule has 1 fully saturated rings. The second-order valence-electron chi connectivity index (χ2n) is 5.75. The molecule has 2 heterocycles. The Morgan fingerprint density at radius 2 is 2.17 bits per heavy atom. The van der Waals surface area contributed by atoms with Crippen molar-refractivity contribution < 1.29 is 14.4 Å². The van der Waals surface area contributed by atoms with Gasteiger partial charge in [-0.25, -0.2) is 0 Å². The van der Waals surface area contributed by atoms with Crippen LogP contribution >= 0.6 is 11.6 Å². The molecule has 6 nitrogen and oxygen atoms in total. The number of benzene rings is 1. The number of aromatic nitrogens is 2. The summed E-state index contributed by atoms with van der Waals surface area (Å²) >= 11 is 5.86. The number of aliphatic carboxylic acids is 1. The van der Waals surface area contributed by atoms with Crippen molar-refractivity contribution in [1.29, 1.82) is 0 Å². The maximum atomic E-state index is 11.1. The Morgan fingerprint density at radius 1 is 1.39 bits per heavy atom. The summed E-state index contributed by atoms with van der Waals surface area (Å²) in [6.07, 6.45) is 2.29. The molecule has 1 aliphatic heterocycles. The monoisotopic (exact) mass is 335 g/mol. The summed E-state index contributed by atoms with van der Waals surface area (Å²) in [5.41, 5.74) is 0.855. The second kappa shape index (κ2) is 7.10. The SMILES string of the molecule is O=C(O)C1CCCN(CCc2nc(-c3ccc(Cl)cc3)no2)C1. The van der Waals surface area contributed by atoms with E-state index in [4.69, 9.17) is 21.2 Å². The molecule has 1 unspecified atom stereocenters. The van der Waals surface area contributed by atoms with Crippen LogP contribution in [0.4, 0.5) is 0 Å². The summed E-state index contributed by atoms with van der Waals surface area (Å²) in [7, 11) is 0. The zero-order chi connectivity index (χ0) is 16.2. The molecule has 1 saturated heterocycles. The quantitative estimate of drug-likeness (QED) is 0.905. The van der Waals surface area contributed by atoms with Gasteiger partial charge in [0, 0.05) is 30.1 Å². The number of rotatable bonds is 5. The molecule has 0 saturated carbocycles. The minimum Gasteiger partial charge on any atom is -0.481 e. The van der Waals surface area contributed by atoms with E-state index in [0.717, 1.165) is 31.5 Å². The molecule has 0 bridgehead atoms. The maximum absolute atomic E-state index is 11.1. The molecular weight excluding hydrogens is 318 g/mol. The van der Waals surface area contributed by atoms with Crippen LogP contribution in [-0.4, -0.2) is 45.8 Å². The van der Waals surface area contributed by atoms with E-state index in [2.05, 4.69) is 15.0 Å². The Kier molecular flexibility index (Phi) is 4.93. The van der Waals surface area contributed by atoms with Crippen molar-refractivity contribution in [3.63, 3.8) is 0 Å². The van der Waals surface area contributed by atoms with Crippen LogP contribution in [0.2, 0.25) is 5.02 Å². The van der Waals surface area contributed by atoms with Gasteiger partial charge in [-0.05, 0) is 43.7 Å². The van der Waals surface area contributed by atoms with Crippen LogP contribution in [0.5, 0.6) is 0 Å². The van der Waals surface area contributed by atoms with Crippen molar-refractivity contribution in [3.8, 4) is 11.4 Å². The second-order valence-corrected chi connectivity index (χ2v) is 6.18. The molecule has 1 atom stereocenters. The molecule has 7 heteroatoms. The Labute approximate surface area is 139 Å². The van der Waals surface area contributed by atoms with Crippen molar-refractivity contribution in [2.24, 2.45) is 5.92 Å². The van der Waals surface area contributed by atoms with Gasteiger partial charge in [-0.3, -0.25) is 4.79 Å². The number of hydrogen-bond acceptors (Lipinski definition) is 5. The lowest BCUT2D eigenvalue weighted by Crippen LogP contribution is -2.39. The Balaban J connectivity index is 1.57. The van der Waals surface area contributed by atoms with E-state index in [0.29, 0.717) is 29.7 Å². The highest BCUT2D eigenvalue weighted by Crippen LogP contribution is 2.20. The highest BCUT2D eigenvalue weighted by atomic mass is 35.5. The number of piperidine rings is 1. The fourth-order valence-electron chi connectivity index (χ4n) is 2.79. The van der Waals surface area contributed by atoms with Crippen molar-refractivity contribution in [2.75, 3.05) is 19.6 Å². The molecule has 1 aromatic carbocycles. The van der Waals surface area contributed by atoms with Gasteiger partial charge >= 0.3 is 5.97 Å². The molecular formula is C16H18ClN3O3. The topological polar surface area (TPSA) is 79.5 Å². The summed E-state index contributed by atoms with van der Waals surface area (Å²) in [4.78, 5) is 17.6. The molecule has 1 N–H and O–H groups in total. The van der Waals surface area contributed by atoms with Crippen LogP contribution in [0.15, 0.2) is 28.8 Å². The maximum Gasteiger partial charge on any atom is 0.307 e. The van der Waals surface area contributed by atoms with Gasteiger partial charge in [-0.1, -0.05) is 16.8 Å². The van der Waals surface area contributed by atoms with Crippen molar-refractivity contribution >= 4 is 17.6 Å². The summed E-state index contributed by atoms with van der Waals surface area (Å²) < 4.78 is 5.28. The fraction of sp³-hybridized carbons (Fsp3) is 0.438. The lowest BCUT2D eigenvalue weighted by molar-refractivity contribution is -0.143. The normalized spacial score (nSPS) is 18.9. The summed E-state index contributed by atoms with van der Waals surface area (Å²) in [5.74, 6) is 0.125. The predicted molar refractivity (Wildman–Crippen MR) is 85.2 cm³/mol. The summed E-state index contributed by atoms with van der Waals surface area (Å²) in [6.45, 7) is 2.24. The van der Waals surface area contributed by atoms with Crippen LogP contribution in [0.3, 0.4) is 0 Å². The minimum absolute atomic E-state index is 0.268. The number of carboxylic acids is 1. The molecule has 0 amide bonds. The van der Waals surface area contributed by atoms with Gasteiger partial charge < -0.3 is 14.5 Å². The summed E-state index contributed by atoms with van der Waals surface area (Å²) in [6, 6.07) is 7.26. The first-order chi connectivity index (χ1) is 11.1. The molecule has 0 radical (unpaired) electrons. The first kappa shape index (κ1) is 16.0. The molecule has 1 aliphatic rings. The van der Waals surface area contributed by atoms with Crippen LogP contribution < -0.4 is 0 Å². The van der Waals surface area contributed by atoms with Gasteiger partial charge in [0.1, 0.15) is 0 Å². The van der Waals surface area contributed by atoms with Crippen molar-refractivity contribution in [1.82, 2.24) is 15.0 Å².